The van der Waals surface area contributed by atoms with Crippen molar-refractivity contribution in [2.24, 2.45) is 0 Å². The molecule has 0 aromatic heterocycles. The van der Waals surface area contributed by atoms with E-state index in [9.17, 15) is 19.5 Å². The van der Waals surface area contributed by atoms with Crippen molar-refractivity contribution >= 4 is 17.8 Å². The molecule has 2 amide bonds. The van der Waals surface area contributed by atoms with Crippen LogP contribution in [0.25, 0.3) is 0 Å². The maximum Gasteiger partial charge on any atom is 0.326 e. The molecule has 6 heteroatoms. The third-order valence-corrected chi connectivity index (χ3v) is 3.28. The van der Waals surface area contributed by atoms with Crippen molar-refractivity contribution in [3.05, 3.63) is 34.9 Å². The fraction of sp³-hybridized carbons (Fsp3) is 0.438. The average molecular weight is 306 g/mol. The van der Waals surface area contributed by atoms with Crippen LogP contribution < -0.4 is 5.32 Å². The molecule has 0 fully saturated rings. The molecular weight excluding hydrogens is 284 g/mol. The Balaban J connectivity index is 3.00. The molecular formula is C16H22N2O4. The second-order valence-electron chi connectivity index (χ2n) is 5.37. The van der Waals surface area contributed by atoms with E-state index < -0.39 is 12.0 Å². The molecule has 0 radical (unpaired) electrons. The Labute approximate surface area is 130 Å². The van der Waals surface area contributed by atoms with Crippen molar-refractivity contribution in [3.8, 4) is 0 Å². The number of carbonyl (C=O) groups excluding carboxylic acids is 2. The van der Waals surface area contributed by atoms with E-state index in [-0.39, 0.29) is 24.9 Å². The van der Waals surface area contributed by atoms with Gasteiger partial charge in [0.1, 0.15) is 6.04 Å². The molecule has 0 aliphatic rings. The van der Waals surface area contributed by atoms with Gasteiger partial charge in [0.2, 0.25) is 5.91 Å². The van der Waals surface area contributed by atoms with Crippen molar-refractivity contribution in [3.63, 3.8) is 0 Å². The Morgan fingerprint density at radius 3 is 2.18 bits per heavy atom. The zero-order valence-electron chi connectivity index (χ0n) is 13.3. The first-order valence-corrected chi connectivity index (χ1v) is 7.09. The Hall–Kier alpha value is -2.37. The van der Waals surface area contributed by atoms with Crippen molar-refractivity contribution in [1.29, 1.82) is 0 Å². The number of benzene rings is 1. The molecule has 1 unspecified atom stereocenters. The molecule has 0 spiro atoms. The lowest BCUT2D eigenvalue weighted by molar-refractivity contribution is -0.141. The fourth-order valence-corrected chi connectivity index (χ4v) is 2.22. The second kappa shape index (κ2) is 7.59. The Morgan fingerprint density at radius 2 is 1.73 bits per heavy atom. The SMILES string of the molecule is CC(=O)NCCN(C(=O)c1cc(C)cc(C)c1)C(C)C(=O)O. The molecule has 1 atom stereocenters. The summed E-state index contributed by atoms with van der Waals surface area (Å²) in [5.41, 5.74) is 2.33. The smallest absolute Gasteiger partial charge is 0.326 e. The number of hydrogen-bond acceptors (Lipinski definition) is 3. The fourth-order valence-electron chi connectivity index (χ4n) is 2.22. The Bertz CT molecular complexity index is 563. The summed E-state index contributed by atoms with van der Waals surface area (Å²) in [7, 11) is 0. The number of carboxylic acid groups (broad SMARTS) is 1. The minimum absolute atomic E-state index is 0.138. The first-order chi connectivity index (χ1) is 10.2. The molecule has 1 rings (SSSR count). The van der Waals surface area contributed by atoms with Crippen LogP contribution in [0.3, 0.4) is 0 Å². The first kappa shape index (κ1) is 17.7. The van der Waals surface area contributed by atoms with Gasteiger partial charge < -0.3 is 15.3 Å². The Kier molecular flexibility index (Phi) is 6.10. The number of hydrogen-bond donors (Lipinski definition) is 2. The van der Waals surface area contributed by atoms with Gasteiger partial charge in [-0.1, -0.05) is 17.2 Å². The van der Waals surface area contributed by atoms with Crippen LogP contribution in [-0.4, -0.2) is 46.9 Å². The van der Waals surface area contributed by atoms with Crippen molar-refractivity contribution in [1.82, 2.24) is 10.2 Å². The predicted octanol–water partition coefficient (Wildman–Crippen LogP) is 1.35. The molecule has 0 saturated carbocycles. The molecule has 120 valence electrons. The highest BCUT2D eigenvalue weighted by Gasteiger charge is 2.26. The van der Waals surface area contributed by atoms with Crippen LogP contribution in [0.4, 0.5) is 0 Å². The van der Waals surface area contributed by atoms with Crippen molar-refractivity contribution in [2.45, 2.75) is 33.7 Å². The lowest BCUT2D eigenvalue weighted by Crippen LogP contribution is -2.46. The molecule has 1 aromatic rings. The highest BCUT2D eigenvalue weighted by atomic mass is 16.4. The van der Waals surface area contributed by atoms with E-state index in [2.05, 4.69) is 5.32 Å². The Morgan fingerprint density at radius 1 is 1.18 bits per heavy atom. The van der Waals surface area contributed by atoms with Crippen molar-refractivity contribution < 1.29 is 19.5 Å². The summed E-state index contributed by atoms with van der Waals surface area (Å²) in [6.45, 7) is 6.94. The number of rotatable bonds is 6. The zero-order valence-corrected chi connectivity index (χ0v) is 13.3. The maximum atomic E-state index is 12.6. The number of carboxylic acids is 1. The topological polar surface area (TPSA) is 86.7 Å². The minimum Gasteiger partial charge on any atom is -0.480 e. The highest BCUT2D eigenvalue weighted by molar-refractivity contribution is 5.97. The summed E-state index contributed by atoms with van der Waals surface area (Å²) < 4.78 is 0. The molecule has 0 aliphatic carbocycles. The minimum atomic E-state index is -1.08. The number of amides is 2. The summed E-state index contributed by atoms with van der Waals surface area (Å²) in [6, 6.07) is 4.44. The van der Waals surface area contributed by atoms with Gasteiger partial charge in [-0.25, -0.2) is 4.79 Å². The van der Waals surface area contributed by atoms with Gasteiger partial charge in [-0.15, -0.1) is 0 Å². The van der Waals surface area contributed by atoms with E-state index in [0.29, 0.717) is 5.56 Å². The molecule has 0 bridgehead atoms. The monoisotopic (exact) mass is 306 g/mol. The summed E-state index contributed by atoms with van der Waals surface area (Å²) in [4.78, 5) is 36.0. The summed E-state index contributed by atoms with van der Waals surface area (Å²) in [6.07, 6.45) is 0. The van der Waals surface area contributed by atoms with E-state index >= 15 is 0 Å². The van der Waals surface area contributed by atoms with E-state index in [1.165, 1.54) is 18.7 Å². The number of nitrogens with one attached hydrogen (secondary N) is 1. The van der Waals surface area contributed by atoms with Gasteiger partial charge in [0, 0.05) is 25.6 Å². The van der Waals surface area contributed by atoms with Gasteiger partial charge in [0.25, 0.3) is 5.91 Å². The molecule has 22 heavy (non-hydrogen) atoms. The molecule has 0 aliphatic heterocycles. The normalized spacial score (nSPS) is 11.6. The van der Waals surface area contributed by atoms with Crippen LogP contribution >= 0.6 is 0 Å². The van der Waals surface area contributed by atoms with Crippen LogP contribution in [-0.2, 0) is 9.59 Å². The summed E-state index contributed by atoms with van der Waals surface area (Å²) in [5, 5.41) is 11.8. The standard InChI is InChI=1S/C16H22N2O4/c1-10-7-11(2)9-14(8-10)15(20)18(12(3)16(21)22)6-5-17-13(4)19/h7-9,12H,5-6H2,1-4H3,(H,17,19)(H,21,22). The van der Waals surface area contributed by atoms with E-state index in [4.69, 9.17) is 0 Å². The first-order valence-electron chi connectivity index (χ1n) is 7.09. The lowest BCUT2D eigenvalue weighted by Gasteiger charge is -2.27. The number of nitrogens with zero attached hydrogens (tertiary/aromatic N) is 1. The van der Waals surface area contributed by atoms with Crippen LogP contribution in [0.1, 0.15) is 35.3 Å². The van der Waals surface area contributed by atoms with Gasteiger partial charge in [-0.05, 0) is 32.9 Å². The van der Waals surface area contributed by atoms with E-state index in [1.807, 2.05) is 19.9 Å². The average Bonchev–Trinajstić information content (AvgIpc) is 2.40. The van der Waals surface area contributed by atoms with Crippen LogP contribution in [0.2, 0.25) is 0 Å². The molecule has 0 saturated heterocycles. The molecule has 1 aromatic carbocycles. The quantitative estimate of drug-likeness (QED) is 0.830. The number of carbonyl (C=O) groups is 3. The predicted molar refractivity (Wildman–Crippen MR) is 82.7 cm³/mol. The van der Waals surface area contributed by atoms with E-state index in [1.54, 1.807) is 12.1 Å². The van der Waals surface area contributed by atoms with E-state index in [0.717, 1.165) is 11.1 Å². The van der Waals surface area contributed by atoms with Crippen LogP contribution in [0.15, 0.2) is 18.2 Å². The van der Waals surface area contributed by atoms with Gasteiger partial charge in [0.05, 0.1) is 0 Å². The van der Waals surface area contributed by atoms with Gasteiger partial charge in [0.15, 0.2) is 0 Å². The van der Waals surface area contributed by atoms with Crippen molar-refractivity contribution in [2.75, 3.05) is 13.1 Å². The van der Waals surface area contributed by atoms with Gasteiger partial charge >= 0.3 is 5.97 Å². The third-order valence-electron chi connectivity index (χ3n) is 3.28. The summed E-state index contributed by atoms with van der Waals surface area (Å²) >= 11 is 0. The summed E-state index contributed by atoms with van der Waals surface area (Å²) in [5.74, 6) is -1.66. The molecule has 2 N–H and O–H groups in total. The lowest BCUT2D eigenvalue weighted by atomic mass is 10.1. The third kappa shape index (κ3) is 4.87. The number of aryl methyl sites for hydroxylation is 2. The van der Waals surface area contributed by atoms with Crippen LogP contribution in [0, 0.1) is 13.8 Å². The second-order valence-corrected chi connectivity index (χ2v) is 5.37. The van der Waals surface area contributed by atoms with Gasteiger partial charge in [-0.2, -0.15) is 0 Å². The molecule has 6 nitrogen and oxygen atoms in total. The maximum absolute atomic E-state index is 12.6. The largest absolute Gasteiger partial charge is 0.480 e. The zero-order chi connectivity index (χ0) is 16.9. The van der Waals surface area contributed by atoms with Crippen LogP contribution in [0.5, 0.6) is 0 Å². The number of aliphatic carboxylic acids is 1. The van der Waals surface area contributed by atoms with Gasteiger partial charge in [-0.3, -0.25) is 9.59 Å². The molecule has 0 heterocycles. The highest BCUT2D eigenvalue weighted by Crippen LogP contribution is 2.13.